The topological polar surface area (TPSA) is 65.0 Å². The predicted octanol–water partition coefficient (Wildman–Crippen LogP) is 3.87. The minimum absolute atomic E-state index is 1.04. The predicted molar refractivity (Wildman–Crippen MR) is 73.1 cm³/mol. The summed E-state index contributed by atoms with van der Waals surface area (Å²) in [4.78, 5) is 0. The van der Waals surface area contributed by atoms with E-state index in [4.69, 9.17) is 74.3 Å². The van der Waals surface area contributed by atoms with Crippen LogP contribution in [0.5, 0.6) is 0 Å². The van der Waals surface area contributed by atoms with E-state index >= 15 is 0 Å². The second-order valence-electron chi connectivity index (χ2n) is 2.83. The number of rotatable bonds is 5. The van der Waals surface area contributed by atoms with Crippen molar-refractivity contribution in [3.8, 4) is 0 Å². The van der Waals surface area contributed by atoms with Crippen LogP contribution in [0.15, 0.2) is 0 Å². The Morgan fingerprint density at radius 2 is 1.39 bits per heavy atom. The quantitative estimate of drug-likeness (QED) is 0.428. The van der Waals surface area contributed by atoms with Gasteiger partial charge in [-0.05, 0) is 0 Å². The Kier molecular flexibility index (Phi) is 7.91. The number of alkyl halides is 6. The van der Waals surface area contributed by atoms with Crippen molar-refractivity contribution in [1.29, 1.82) is 0 Å². The molecule has 0 aliphatic carbocycles. The van der Waals surface area contributed by atoms with Crippen molar-refractivity contribution in [1.82, 2.24) is 0 Å². The maximum atomic E-state index is 12.1. The lowest BCUT2D eigenvalue weighted by atomic mass is 10.7. The highest BCUT2D eigenvalue weighted by Crippen LogP contribution is 2.60. The average molecular weight is 405 g/mol. The molecule has 0 rings (SSSR count). The zero-order chi connectivity index (χ0) is 14.8. The molecule has 110 valence electrons. The van der Waals surface area contributed by atoms with Crippen LogP contribution < -0.4 is 0 Å². The first-order valence-electron chi connectivity index (χ1n) is 4.06. The molecule has 0 amide bonds. The fourth-order valence-corrected chi connectivity index (χ4v) is 3.34. The van der Waals surface area contributed by atoms with Gasteiger partial charge in [-0.3, -0.25) is 4.57 Å². The van der Waals surface area contributed by atoms with E-state index in [1.54, 1.807) is 0 Å². The second-order valence-corrected chi connectivity index (χ2v) is 9.85. The first kappa shape index (κ1) is 19.8. The van der Waals surface area contributed by atoms with E-state index in [2.05, 4.69) is 9.05 Å². The maximum absolute atomic E-state index is 12.1. The van der Waals surface area contributed by atoms with Crippen LogP contribution >= 0.6 is 77.2 Å². The van der Waals surface area contributed by atoms with E-state index in [9.17, 15) is 9.67 Å². The number of aliphatic hydroxyl groups excluding tert-OH is 1. The SMILES string of the molecule is COP(=O)(OC)[C@H](O[C@@H](O)C(Cl)(Cl)Cl)C(Cl)(Cl)Cl. The van der Waals surface area contributed by atoms with Crippen molar-refractivity contribution in [3.05, 3.63) is 0 Å². The van der Waals surface area contributed by atoms with Crippen molar-refractivity contribution < 1.29 is 23.5 Å². The van der Waals surface area contributed by atoms with Gasteiger partial charge in [0.1, 0.15) is 0 Å². The van der Waals surface area contributed by atoms with Crippen LogP contribution in [0.1, 0.15) is 0 Å². The molecule has 0 radical (unpaired) electrons. The highest BCUT2D eigenvalue weighted by Gasteiger charge is 2.52. The van der Waals surface area contributed by atoms with Crippen molar-refractivity contribution in [2.75, 3.05) is 14.2 Å². The summed E-state index contributed by atoms with van der Waals surface area (Å²) in [6.07, 6.45) is -2.01. The summed E-state index contributed by atoms with van der Waals surface area (Å²) in [7, 11) is -1.91. The molecule has 0 saturated heterocycles. The number of aliphatic hydroxyl groups is 1. The Morgan fingerprint density at radius 1 is 1.00 bits per heavy atom. The van der Waals surface area contributed by atoms with Gasteiger partial charge >= 0.3 is 7.60 Å². The van der Waals surface area contributed by atoms with E-state index in [0.29, 0.717) is 0 Å². The fraction of sp³-hybridized carbons (Fsp3) is 1.00. The number of ether oxygens (including phenoxy) is 1. The molecule has 0 aromatic heterocycles. The third-order valence-corrected chi connectivity index (χ3v) is 5.33. The lowest BCUT2D eigenvalue weighted by molar-refractivity contribution is -0.114. The number of halogens is 6. The largest absolute Gasteiger partial charge is 0.365 e. The van der Waals surface area contributed by atoms with Gasteiger partial charge in [0.2, 0.25) is 19.7 Å². The highest BCUT2D eigenvalue weighted by molar-refractivity contribution is 7.55. The van der Waals surface area contributed by atoms with Gasteiger partial charge in [0, 0.05) is 14.2 Å². The number of hydrogen-bond donors (Lipinski definition) is 1. The Bertz CT molecular complexity index is 307. The van der Waals surface area contributed by atoms with Crippen molar-refractivity contribution in [2.45, 2.75) is 19.7 Å². The molecule has 0 aromatic rings. The molecule has 0 saturated carbocycles. The second kappa shape index (κ2) is 7.19. The van der Waals surface area contributed by atoms with Crippen LogP contribution in [0, 0.1) is 0 Å². The third-order valence-electron chi connectivity index (χ3n) is 1.61. The van der Waals surface area contributed by atoms with Crippen LogP contribution in [-0.2, 0) is 18.3 Å². The Hall–Kier alpha value is 1.81. The lowest BCUT2D eigenvalue weighted by Gasteiger charge is -2.32. The molecular weight excluding hydrogens is 396 g/mol. The Labute approximate surface area is 134 Å². The normalized spacial score (nSPS) is 17.6. The average Bonchev–Trinajstić information content (AvgIpc) is 2.21. The van der Waals surface area contributed by atoms with Gasteiger partial charge in [0.25, 0.3) is 0 Å². The molecule has 0 fully saturated rings. The summed E-state index contributed by atoms with van der Waals surface area (Å²) in [5, 5.41) is 9.45. The minimum atomic E-state index is -3.99. The van der Waals surface area contributed by atoms with E-state index in [-0.39, 0.29) is 0 Å². The van der Waals surface area contributed by atoms with E-state index in [1.165, 1.54) is 0 Å². The fourth-order valence-electron chi connectivity index (χ4n) is 0.796. The van der Waals surface area contributed by atoms with Gasteiger partial charge in [0.15, 0.2) is 0 Å². The molecule has 0 unspecified atom stereocenters. The van der Waals surface area contributed by atoms with Gasteiger partial charge < -0.3 is 18.9 Å². The van der Waals surface area contributed by atoms with Gasteiger partial charge in [-0.2, -0.15) is 0 Å². The molecule has 0 aliphatic rings. The maximum Gasteiger partial charge on any atom is 0.363 e. The van der Waals surface area contributed by atoms with Crippen LogP contribution in [0.2, 0.25) is 0 Å². The summed E-state index contributed by atoms with van der Waals surface area (Å²) >= 11 is 32.8. The van der Waals surface area contributed by atoms with Gasteiger partial charge in [-0.15, -0.1) is 0 Å². The van der Waals surface area contributed by atoms with Crippen molar-refractivity contribution in [2.24, 2.45) is 0 Å². The van der Waals surface area contributed by atoms with Crippen LogP contribution in [0.25, 0.3) is 0 Å². The summed E-state index contributed by atoms with van der Waals surface area (Å²) in [5.74, 6) is -1.80. The lowest BCUT2D eigenvalue weighted by Crippen LogP contribution is -2.39. The number of hydrogen-bond acceptors (Lipinski definition) is 5. The molecular formula is C6H9Cl6O5P. The molecule has 12 heteroatoms. The van der Waals surface area contributed by atoms with E-state index < -0.39 is 27.3 Å². The molecule has 0 aliphatic heterocycles. The van der Waals surface area contributed by atoms with Gasteiger partial charge in [-0.1, -0.05) is 69.6 Å². The molecule has 0 spiro atoms. The minimum Gasteiger partial charge on any atom is -0.365 e. The summed E-state index contributed by atoms with van der Waals surface area (Å²) in [5.41, 5.74) is 0. The standard InChI is InChI=1S/C6H9Cl6O5P/c1-15-18(14,16-2)4(6(10,11)12)17-3(13)5(7,8)9/h3-4,13H,1-2H3/t3-,4+/m1/s1. The van der Waals surface area contributed by atoms with Crippen LogP contribution in [0.4, 0.5) is 0 Å². The zero-order valence-electron chi connectivity index (χ0n) is 8.95. The third kappa shape index (κ3) is 5.66. The van der Waals surface area contributed by atoms with Gasteiger partial charge in [-0.25, -0.2) is 0 Å². The Balaban J connectivity index is 5.24. The van der Waals surface area contributed by atoms with E-state index in [0.717, 1.165) is 14.2 Å². The zero-order valence-corrected chi connectivity index (χ0v) is 14.4. The summed E-state index contributed by atoms with van der Waals surface area (Å²) in [6.45, 7) is 0. The molecule has 18 heavy (non-hydrogen) atoms. The van der Waals surface area contributed by atoms with Crippen molar-refractivity contribution in [3.63, 3.8) is 0 Å². The molecule has 5 nitrogen and oxygen atoms in total. The highest BCUT2D eigenvalue weighted by atomic mass is 35.6. The molecule has 0 heterocycles. The molecule has 1 N–H and O–H groups in total. The van der Waals surface area contributed by atoms with Gasteiger partial charge in [0.05, 0.1) is 0 Å². The molecule has 0 aromatic carbocycles. The van der Waals surface area contributed by atoms with Crippen LogP contribution in [0.3, 0.4) is 0 Å². The molecule has 0 bridgehead atoms. The van der Waals surface area contributed by atoms with Crippen LogP contribution in [-0.4, -0.2) is 39.0 Å². The van der Waals surface area contributed by atoms with E-state index in [1.807, 2.05) is 0 Å². The first-order chi connectivity index (χ1) is 7.88. The van der Waals surface area contributed by atoms with Crippen molar-refractivity contribution >= 4 is 77.2 Å². The summed E-state index contributed by atoms with van der Waals surface area (Å²) < 4.78 is 21.6. The molecule has 2 atom stereocenters. The Morgan fingerprint density at radius 3 is 1.61 bits per heavy atom. The monoisotopic (exact) mass is 402 g/mol. The summed E-state index contributed by atoms with van der Waals surface area (Å²) in [6, 6.07) is 0. The smallest absolute Gasteiger partial charge is 0.363 e. The first-order valence-corrected chi connectivity index (χ1v) is 7.94.